The van der Waals surface area contributed by atoms with Gasteiger partial charge in [-0.15, -0.1) is 22.0 Å². The molecule has 0 atom stereocenters. The van der Waals surface area contributed by atoms with Crippen molar-refractivity contribution in [1.82, 2.24) is 15.2 Å². The average Bonchev–Trinajstić information content (AvgIpc) is 2.64. The number of hydrogen-bond acceptors (Lipinski definition) is 7. The predicted octanol–water partition coefficient (Wildman–Crippen LogP) is 4.97. The molecule has 1 aromatic heterocycles. The molecule has 1 N–H and O–H groups in total. The minimum absolute atomic E-state index is 0.0564. The van der Waals surface area contributed by atoms with E-state index in [0.29, 0.717) is 31.1 Å². The van der Waals surface area contributed by atoms with Gasteiger partial charge in [0.2, 0.25) is 0 Å². The van der Waals surface area contributed by atoms with Crippen LogP contribution in [-0.4, -0.2) is 25.2 Å². The molecule has 7 nitrogen and oxygen atoms in total. The van der Waals surface area contributed by atoms with Crippen LogP contribution in [0, 0.1) is 10.1 Å². The lowest BCUT2D eigenvalue weighted by molar-refractivity contribution is -0.387. The second kappa shape index (κ2) is 8.11. The predicted molar refractivity (Wildman–Crippen MR) is 105 cm³/mol. The summed E-state index contributed by atoms with van der Waals surface area (Å²) >= 11 is 7.82. The molecule has 0 bridgehead atoms. The summed E-state index contributed by atoms with van der Waals surface area (Å²) in [6.45, 7) is 0. The molecule has 3 aromatic rings. The van der Waals surface area contributed by atoms with E-state index in [1.54, 1.807) is 36.5 Å². The Labute approximate surface area is 169 Å². The van der Waals surface area contributed by atoms with E-state index in [4.69, 9.17) is 0 Å². The van der Waals surface area contributed by atoms with Crippen LogP contribution in [0.25, 0.3) is 11.3 Å². The monoisotopic (exact) mass is 496 g/mol. The van der Waals surface area contributed by atoms with Crippen LogP contribution in [0.1, 0.15) is 5.82 Å². The minimum atomic E-state index is -0.412. The first kappa shape index (κ1) is 18.7. The Kier molecular flexibility index (Phi) is 5.84. The van der Waals surface area contributed by atoms with Gasteiger partial charge >= 0.3 is 0 Å². The molecule has 0 aliphatic carbocycles. The van der Waals surface area contributed by atoms with Gasteiger partial charge in [0.15, 0.2) is 5.82 Å². The molecule has 0 fully saturated rings. The van der Waals surface area contributed by atoms with Crippen molar-refractivity contribution in [2.75, 3.05) is 0 Å². The summed E-state index contributed by atoms with van der Waals surface area (Å²) in [5.41, 5.74) is 1.34. The molecule has 0 saturated heterocycles. The molecule has 1 heterocycles. The first-order valence-corrected chi connectivity index (χ1v) is 9.76. The van der Waals surface area contributed by atoms with E-state index in [1.165, 1.54) is 17.8 Å². The Morgan fingerprint density at radius 3 is 2.46 bits per heavy atom. The standard InChI is InChI=1S/C16H10Br2N4O3S/c17-10-5-9(6-11(18)16(10)23)12-7-19-15(21-20-12)8-26-14-4-2-1-3-13(14)22(24)25/h1-7,23H,8H2. The van der Waals surface area contributed by atoms with Gasteiger partial charge < -0.3 is 5.11 Å². The van der Waals surface area contributed by atoms with E-state index in [0.717, 1.165) is 5.56 Å². The summed E-state index contributed by atoms with van der Waals surface area (Å²) in [5.74, 6) is 0.933. The Balaban J connectivity index is 1.76. The van der Waals surface area contributed by atoms with Crippen LogP contribution >= 0.6 is 43.6 Å². The number of halogens is 2. The fourth-order valence-electron chi connectivity index (χ4n) is 2.08. The Bertz CT molecular complexity index is 947. The van der Waals surface area contributed by atoms with Crippen molar-refractivity contribution in [2.45, 2.75) is 10.6 Å². The second-order valence-corrected chi connectivity index (χ2v) is 7.79. The summed E-state index contributed by atoms with van der Waals surface area (Å²) in [6, 6.07) is 9.96. The number of aromatic hydroxyl groups is 1. The number of thioether (sulfide) groups is 1. The number of phenols is 1. The van der Waals surface area contributed by atoms with Gasteiger partial charge in [0.1, 0.15) is 11.4 Å². The number of para-hydroxylation sites is 1. The highest BCUT2D eigenvalue weighted by Gasteiger charge is 2.14. The van der Waals surface area contributed by atoms with Gasteiger partial charge in [-0.3, -0.25) is 10.1 Å². The summed E-state index contributed by atoms with van der Waals surface area (Å²) < 4.78 is 1.05. The Morgan fingerprint density at radius 2 is 1.85 bits per heavy atom. The van der Waals surface area contributed by atoms with Crippen molar-refractivity contribution < 1.29 is 10.0 Å². The molecule has 3 rings (SSSR count). The lowest BCUT2D eigenvalue weighted by Crippen LogP contribution is -1.98. The van der Waals surface area contributed by atoms with Crippen molar-refractivity contribution >= 4 is 49.3 Å². The number of nitro groups is 1. The maximum atomic E-state index is 11.0. The first-order chi connectivity index (χ1) is 12.5. The number of phenolic OH excluding ortho intramolecular Hbond substituents is 1. The van der Waals surface area contributed by atoms with Crippen molar-refractivity contribution in [1.29, 1.82) is 0 Å². The van der Waals surface area contributed by atoms with Gasteiger partial charge in [-0.1, -0.05) is 12.1 Å². The van der Waals surface area contributed by atoms with E-state index in [2.05, 4.69) is 47.0 Å². The molecule has 26 heavy (non-hydrogen) atoms. The maximum Gasteiger partial charge on any atom is 0.282 e. The SMILES string of the molecule is O=[N+]([O-])c1ccccc1SCc1ncc(-c2cc(Br)c(O)c(Br)c2)nn1. The molecule has 10 heteroatoms. The highest BCUT2D eigenvalue weighted by molar-refractivity contribution is 9.11. The highest BCUT2D eigenvalue weighted by Crippen LogP contribution is 2.36. The summed E-state index contributed by atoms with van der Waals surface area (Å²) in [4.78, 5) is 15.4. The average molecular weight is 498 g/mol. The van der Waals surface area contributed by atoms with Crippen LogP contribution in [-0.2, 0) is 5.75 Å². The van der Waals surface area contributed by atoms with Crippen LogP contribution in [0.4, 0.5) is 5.69 Å². The molecule has 0 aliphatic rings. The highest BCUT2D eigenvalue weighted by atomic mass is 79.9. The quantitative estimate of drug-likeness (QED) is 0.301. The normalized spacial score (nSPS) is 10.7. The van der Waals surface area contributed by atoms with E-state index in [1.807, 2.05) is 0 Å². The molecule has 0 amide bonds. The molecule has 132 valence electrons. The van der Waals surface area contributed by atoms with Crippen molar-refractivity contribution in [3.05, 3.63) is 67.5 Å². The van der Waals surface area contributed by atoms with E-state index >= 15 is 0 Å². The molecule has 0 aliphatic heterocycles. The number of nitro benzene ring substituents is 1. The lowest BCUT2D eigenvalue weighted by atomic mass is 10.1. The van der Waals surface area contributed by atoms with Crippen LogP contribution in [0.5, 0.6) is 5.75 Å². The van der Waals surface area contributed by atoms with E-state index < -0.39 is 4.92 Å². The van der Waals surface area contributed by atoms with E-state index in [-0.39, 0.29) is 11.4 Å². The van der Waals surface area contributed by atoms with Gasteiger partial charge in [0.05, 0.1) is 30.7 Å². The van der Waals surface area contributed by atoms with Gasteiger partial charge in [-0.05, 0) is 50.1 Å². The molecule has 0 radical (unpaired) electrons. The van der Waals surface area contributed by atoms with Gasteiger partial charge in [0, 0.05) is 11.6 Å². The zero-order chi connectivity index (χ0) is 18.7. The van der Waals surface area contributed by atoms with Crippen molar-refractivity contribution in [2.24, 2.45) is 0 Å². The van der Waals surface area contributed by atoms with Crippen molar-refractivity contribution in [3.8, 4) is 17.0 Å². The zero-order valence-electron chi connectivity index (χ0n) is 13.0. The summed E-state index contributed by atoms with van der Waals surface area (Å²) in [5, 5.41) is 29.0. The van der Waals surface area contributed by atoms with Crippen LogP contribution < -0.4 is 0 Å². The molecule has 0 spiro atoms. The Morgan fingerprint density at radius 1 is 1.15 bits per heavy atom. The van der Waals surface area contributed by atoms with Crippen molar-refractivity contribution in [3.63, 3.8) is 0 Å². The molecule has 2 aromatic carbocycles. The van der Waals surface area contributed by atoms with Crippen LogP contribution in [0.15, 0.2) is 56.4 Å². The number of rotatable bonds is 5. The number of aromatic nitrogens is 3. The smallest absolute Gasteiger partial charge is 0.282 e. The lowest BCUT2D eigenvalue weighted by Gasteiger charge is -2.06. The number of benzene rings is 2. The van der Waals surface area contributed by atoms with Gasteiger partial charge in [0.25, 0.3) is 5.69 Å². The number of hydrogen-bond donors (Lipinski definition) is 1. The fraction of sp³-hybridized carbons (Fsp3) is 0.0625. The first-order valence-electron chi connectivity index (χ1n) is 7.19. The van der Waals surface area contributed by atoms with Crippen LogP contribution in [0.2, 0.25) is 0 Å². The molecular formula is C16H10Br2N4O3S. The zero-order valence-corrected chi connectivity index (χ0v) is 17.0. The van der Waals surface area contributed by atoms with E-state index in [9.17, 15) is 15.2 Å². The molecule has 0 unspecified atom stereocenters. The summed E-state index contributed by atoms with van der Waals surface area (Å²) in [7, 11) is 0. The summed E-state index contributed by atoms with van der Waals surface area (Å²) in [6.07, 6.45) is 1.58. The maximum absolute atomic E-state index is 11.0. The third-order valence-electron chi connectivity index (χ3n) is 3.34. The van der Waals surface area contributed by atoms with Gasteiger partial charge in [-0.2, -0.15) is 0 Å². The molecule has 0 saturated carbocycles. The molecular weight excluding hydrogens is 488 g/mol. The third-order valence-corrected chi connectivity index (χ3v) is 5.61. The second-order valence-electron chi connectivity index (χ2n) is 5.06. The van der Waals surface area contributed by atoms with Crippen LogP contribution in [0.3, 0.4) is 0 Å². The van der Waals surface area contributed by atoms with Gasteiger partial charge in [-0.25, -0.2) is 4.98 Å². The third kappa shape index (κ3) is 4.19. The Hall–Kier alpha value is -2.04. The topological polar surface area (TPSA) is 102 Å². The minimum Gasteiger partial charge on any atom is -0.506 e. The fourth-order valence-corrected chi connectivity index (χ4v) is 4.15. The largest absolute Gasteiger partial charge is 0.506 e. The number of nitrogens with zero attached hydrogens (tertiary/aromatic N) is 4.